The molecule has 0 saturated carbocycles. The SMILES string of the molecule is CC(C)NCC(=O)N(CC(=O)O)C(C)C. The molecule has 0 spiro atoms. The van der Waals surface area contributed by atoms with E-state index in [9.17, 15) is 9.59 Å². The van der Waals surface area contributed by atoms with Crippen molar-refractivity contribution >= 4 is 11.9 Å². The van der Waals surface area contributed by atoms with E-state index in [-0.39, 0.29) is 31.1 Å². The van der Waals surface area contributed by atoms with E-state index in [1.807, 2.05) is 13.8 Å². The van der Waals surface area contributed by atoms with Crippen LogP contribution in [0.15, 0.2) is 0 Å². The van der Waals surface area contributed by atoms with Gasteiger partial charge in [-0.3, -0.25) is 9.59 Å². The smallest absolute Gasteiger partial charge is 0.323 e. The Bertz CT molecular complexity index is 227. The van der Waals surface area contributed by atoms with Gasteiger partial charge in [-0.15, -0.1) is 0 Å². The van der Waals surface area contributed by atoms with Gasteiger partial charge in [0.25, 0.3) is 0 Å². The van der Waals surface area contributed by atoms with Gasteiger partial charge in [-0.2, -0.15) is 0 Å². The number of carbonyl (C=O) groups is 2. The highest BCUT2D eigenvalue weighted by molar-refractivity contribution is 5.83. The summed E-state index contributed by atoms with van der Waals surface area (Å²) in [5, 5.41) is 11.6. The molecule has 0 radical (unpaired) electrons. The van der Waals surface area contributed by atoms with Crippen molar-refractivity contribution in [3.05, 3.63) is 0 Å². The highest BCUT2D eigenvalue weighted by atomic mass is 16.4. The molecule has 5 heteroatoms. The number of nitrogens with zero attached hydrogens (tertiary/aromatic N) is 1. The molecule has 0 unspecified atom stereocenters. The number of amides is 1. The van der Waals surface area contributed by atoms with Crippen LogP contribution in [0.25, 0.3) is 0 Å². The van der Waals surface area contributed by atoms with E-state index in [1.165, 1.54) is 4.90 Å². The van der Waals surface area contributed by atoms with Gasteiger partial charge in [-0.1, -0.05) is 13.8 Å². The summed E-state index contributed by atoms with van der Waals surface area (Å²) in [7, 11) is 0. The van der Waals surface area contributed by atoms with Crippen molar-refractivity contribution in [3.63, 3.8) is 0 Å². The Morgan fingerprint density at radius 3 is 2.13 bits per heavy atom. The number of carboxylic acids is 1. The first-order valence-corrected chi connectivity index (χ1v) is 5.09. The average Bonchev–Trinajstić information content (AvgIpc) is 2.09. The van der Waals surface area contributed by atoms with E-state index in [0.717, 1.165) is 0 Å². The third-order valence-electron chi connectivity index (χ3n) is 1.91. The van der Waals surface area contributed by atoms with Crippen LogP contribution >= 0.6 is 0 Å². The Morgan fingerprint density at radius 1 is 1.27 bits per heavy atom. The summed E-state index contributed by atoms with van der Waals surface area (Å²) < 4.78 is 0. The van der Waals surface area contributed by atoms with Gasteiger partial charge in [0.1, 0.15) is 6.54 Å². The average molecular weight is 216 g/mol. The molecule has 1 amide bonds. The lowest BCUT2D eigenvalue weighted by Crippen LogP contribution is -2.45. The maximum Gasteiger partial charge on any atom is 0.323 e. The molecule has 0 heterocycles. The summed E-state index contributed by atoms with van der Waals surface area (Å²) in [5.74, 6) is -1.16. The summed E-state index contributed by atoms with van der Waals surface area (Å²) in [6.45, 7) is 7.42. The number of carbonyl (C=O) groups excluding carboxylic acids is 1. The second kappa shape index (κ2) is 6.40. The number of nitrogens with one attached hydrogen (secondary N) is 1. The summed E-state index contributed by atoms with van der Waals surface area (Å²) in [4.78, 5) is 23.5. The molecule has 5 nitrogen and oxygen atoms in total. The molecule has 0 aliphatic heterocycles. The summed E-state index contributed by atoms with van der Waals surface area (Å²) >= 11 is 0. The van der Waals surface area contributed by atoms with Crippen molar-refractivity contribution in [2.45, 2.75) is 39.8 Å². The van der Waals surface area contributed by atoms with Gasteiger partial charge in [0.05, 0.1) is 6.54 Å². The van der Waals surface area contributed by atoms with Crippen LogP contribution < -0.4 is 5.32 Å². The van der Waals surface area contributed by atoms with Gasteiger partial charge in [0, 0.05) is 12.1 Å². The topological polar surface area (TPSA) is 69.6 Å². The van der Waals surface area contributed by atoms with Gasteiger partial charge in [0.15, 0.2) is 0 Å². The summed E-state index contributed by atoms with van der Waals surface area (Å²) in [6, 6.07) is 0.121. The van der Waals surface area contributed by atoms with Crippen molar-refractivity contribution in [2.75, 3.05) is 13.1 Å². The van der Waals surface area contributed by atoms with Crippen LogP contribution in [-0.4, -0.2) is 47.1 Å². The molecular formula is C10H20N2O3. The van der Waals surface area contributed by atoms with Gasteiger partial charge >= 0.3 is 5.97 Å². The third-order valence-corrected chi connectivity index (χ3v) is 1.91. The molecule has 0 aromatic heterocycles. The number of hydrogen-bond acceptors (Lipinski definition) is 3. The summed E-state index contributed by atoms with van der Waals surface area (Å²) in [5.41, 5.74) is 0. The second-order valence-electron chi connectivity index (χ2n) is 4.04. The van der Waals surface area contributed by atoms with Crippen molar-refractivity contribution in [1.29, 1.82) is 0 Å². The van der Waals surface area contributed by atoms with E-state index >= 15 is 0 Å². The highest BCUT2D eigenvalue weighted by Gasteiger charge is 2.19. The molecule has 0 aromatic rings. The van der Waals surface area contributed by atoms with Crippen molar-refractivity contribution in [1.82, 2.24) is 10.2 Å². The lowest BCUT2D eigenvalue weighted by molar-refractivity contribution is -0.145. The fourth-order valence-electron chi connectivity index (χ4n) is 1.10. The number of hydrogen-bond donors (Lipinski definition) is 2. The largest absolute Gasteiger partial charge is 0.480 e. The fourth-order valence-corrected chi connectivity index (χ4v) is 1.10. The Balaban J connectivity index is 4.23. The predicted molar refractivity (Wildman–Crippen MR) is 57.6 cm³/mol. The minimum Gasteiger partial charge on any atom is -0.480 e. The maximum atomic E-state index is 11.6. The zero-order valence-electron chi connectivity index (χ0n) is 9.78. The minimum absolute atomic E-state index is 0.0948. The lowest BCUT2D eigenvalue weighted by atomic mass is 10.3. The maximum absolute atomic E-state index is 11.6. The van der Waals surface area contributed by atoms with E-state index in [2.05, 4.69) is 5.32 Å². The van der Waals surface area contributed by atoms with Crippen LogP contribution in [-0.2, 0) is 9.59 Å². The normalized spacial score (nSPS) is 10.8. The van der Waals surface area contributed by atoms with Crippen molar-refractivity contribution in [3.8, 4) is 0 Å². The van der Waals surface area contributed by atoms with Crippen molar-refractivity contribution < 1.29 is 14.7 Å². The molecule has 88 valence electrons. The van der Waals surface area contributed by atoms with Crippen LogP contribution in [0.1, 0.15) is 27.7 Å². The molecule has 0 rings (SSSR count). The van der Waals surface area contributed by atoms with E-state index < -0.39 is 5.97 Å². The monoisotopic (exact) mass is 216 g/mol. The van der Waals surface area contributed by atoms with Gasteiger partial charge in [-0.25, -0.2) is 0 Å². The standard InChI is InChI=1S/C10H20N2O3/c1-7(2)11-5-9(13)12(8(3)4)6-10(14)15/h7-8,11H,5-6H2,1-4H3,(H,14,15). The molecule has 0 bridgehead atoms. The van der Waals surface area contributed by atoms with Crippen LogP contribution in [0.4, 0.5) is 0 Å². The summed E-state index contributed by atoms with van der Waals surface area (Å²) in [6.07, 6.45) is 0. The molecule has 0 fully saturated rings. The lowest BCUT2D eigenvalue weighted by Gasteiger charge is -2.25. The Hall–Kier alpha value is -1.10. The second-order valence-corrected chi connectivity index (χ2v) is 4.04. The first kappa shape index (κ1) is 13.9. The molecule has 0 aliphatic carbocycles. The Morgan fingerprint density at radius 2 is 1.80 bits per heavy atom. The van der Waals surface area contributed by atoms with Gasteiger partial charge in [-0.05, 0) is 13.8 Å². The quantitative estimate of drug-likeness (QED) is 0.670. The molecular weight excluding hydrogens is 196 g/mol. The van der Waals surface area contributed by atoms with Crippen LogP contribution in [0.5, 0.6) is 0 Å². The molecule has 2 N–H and O–H groups in total. The Labute approximate surface area is 90.5 Å². The number of carboxylic acid groups (broad SMARTS) is 1. The Kier molecular flexibility index (Phi) is 5.93. The van der Waals surface area contributed by atoms with E-state index in [4.69, 9.17) is 5.11 Å². The molecule has 0 saturated heterocycles. The van der Waals surface area contributed by atoms with Crippen LogP contribution in [0.3, 0.4) is 0 Å². The number of rotatable bonds is 6. The van der Waals surface area contributed by atoms with Gasteiger partial charge < -0.3 is 15.3 Å². The molecule has 15 heavy (non-hydrogen) atoms. The first-order valence-electron chi connectivity index (χ1n) is 5.09. The number of aliphatic carboxylic acids is 1. The van der Waals surface area contributed by atoms with Crippen molar-refractivity contribution in [2.24, 2.45) is 0 Å². The van der Waals surface area contributed by atoms with Crippen LogP contribution in [0, 0.1) is 0 Å². The van der Waals surface area contributed by atoms with Crippen LogP contribution in [0.2, 0.25) is 0 Å². The fraction of sp³-hybridized carbons (Fsp3) is 0.800. The highest BCUT2D eigenvalue weighted by Crippen LogP contribution is 1.98. The third kappa shape index (κ3) is 6.06. The van der Waals surface area contributed by atoms with Gasteiger partial charge in [0.2, 0.25) is 5.91 Å². The molecule has 0 aliphatic rings. The molecule has 0 atom stereocenters. The molecule has 0 aromatic carbocycles. The zero-order valence-corrected chi connectivity index (χ0v) is 9.78. The van der Waals surface area contributed by atoms with E-state index in [1.54, 1.807) is 13.8 Å². The minimum atomic E-state index is -0.985. The predicted octanol–water partition coefficient (Wildman–Crippen LogP) is 0.306. The van der Waals surface area contributed by atoms with E-state index in [0.29, 0.717) is 0 Å². The first-order chi connectivity index (χ1) is 6.84. The zero-order chi connectivity index (χ0) is 12.0.